The van der Waals surface area contributed by atoms with Gasteiger partial charge in [0.15, 0.2) is 0 Å². The molecule has 1 heterocycles. The van der Waals surface area contributed by atoms with Gasteiger partial charge in [-0.05, 0) is 68.5 Å². The number of para-hydroxylation sites is 1. The lowest BCUT2D eigenvalue weighted by Crippen LogP contribution is -2.61. The maximum atomic E-state index is 14.1. The first kappa shape index (κ1) is 125. The number of aliphatic hydroxyl groups excluding tert-OH is 6. The molecule has 0 radical (unpaired) electrons. The van der Waals surface area contributed by atoms with Crippen molar-refractivity contribution in [3.05, 3.63) is 102 Å². The lowest BCUT2D eigenvalue weighted by molar-refractivity contribution is -0.142. The quantitative estimate of drug-likeness (QED) is 0.0195. The van der Waals surface area contributed by atoms with Crippen LogP contribution in [0.25, 0.3) is 10.9 Å². The fourth-order valence-electron chi connectivity index (χ4n) is 13.3. The largest absolute Gasteiger partial charge is 0.508 e. The number of rotatable bonds is 65. The Morgan fingerprint density at radius 3 is 0.973 bits per heavy atom. The number of hydrogen-bond acceptors (Lipinski definition) is 34. The zero-order valence-corrected chi connectivity index (χ0v) is 81.9. The predicted octanol–water partition coefficient (Wildman–Crippen LogP) is -18.5. The number of aliphatic hydroxyl groups is 6. The van der Waals surface area contributed by atoms with E-state index in [1.165, 1.54) is 26.0 Å². The van der Waals surface area contributed by atoms with Crippen molar-refractivity contribution in [2.24, 2.45) is 28.9 Å². The summed E-state index contributed by atoms with van der Waals surface area (Å²) in [6, 6.07) is -9.06. The first-order chi connectivity index (χ1) is 70.8. The molecule has 0 aliphatic carbocycles. The molecule has 61 heteroatoms. The van der Waals surface area contributed by atoms with Crippen LogP contribution in [0.4, 0.5) is 0 Å². The number of amides is 25. The normalized spacial score (nSPS) is 14.5. The Balaban J connectivity index is 1.32. The van der Waals surface area contributed by atoms with Gasteiger partial charge in [0.1, 0.15) is 102 Å². The second-order valence-corrected chi connectivity index (χ2v) is 33.8. The second kappa shape index (κ2) is 63.4. The highest BCUT2D eigenvalue weighted by Gasteiger charge is 2.39. The van der Waals surface area contributed by atoms with Crippen molar-refractivity contribution in [2.75, 3.05) is 78.9 Å². The average Bonchev–Trinajstić information content (AvgIpc) is 1.66. The van der Waals surface area contributed by atoms with Crippen molar-refractivity contribution < 1.29 is 166 Å². The molecule has 4 rings (SSSR count). The summed E-state index contributed by atoms with van der Waals surface area (Å²) in [6.45, 7) is -4.67. The van der Waals surface area contributed by atoms with E-state index < -0.39 is 367 Å². The molecule has 0 saturated heterocycles. The van der Waals surface area contributed by atoms with Crippen molar-refractivity contribution >= 4 is 165 Å². The Hall–Kier alpha value is -17.1. The number of H-pyrrole nitrogens is 1. The Morgan fingerprint density at radius 2 is 0.573 bits per heavy atom. The number of aromatic nitrogens is 1. The molecule has 18 atom stereocenters. The molecule has 0 saturated carbocycles. The molecule has 0 bridgehead atoms. The number of aromatic hydroxyl groups is 1. The van der Waals surface area contributed by atoms with E-state index in [4.69, 9.17) is 28.0 Å². The molecule has 822 valence electrons. The molecule has 4 aromatic rings. The van der Waals surface area contributed by atoms with E-state index in [0.29, 0.717) is 22.0 Å². The van der Waals surface area contributed by atoms with Crippen molar-refractivity contribution in [3.63, 3.8) is 0 Å². The summed E-state index contributed by atoms with van der Waals surface area (Å²) in [6.07, 6.45) is -2.18. The molecule has 0 unspecified atom stereocenters. The number of aliphatic carboxylic acids is 1. The minimum atomic E-state index is -2.14. The van der Waals surface area contributed by atoms with Gasteiger partial charge in [-0.15, -0.1) is 0 Å². The van der Waals surface area contributed by atoms with Gasteiger partial charge >= 0.3 is 5.97 Å². The molecule has 0 spiro atoms. The van der Waals surface area contributed by atoms with Crippen molar-refractivity contribution in [3.8, 4) is 5.75 Å². The lowest BCUT2D eigenvalue weighted by atomic mass is 9.98. The minimum absolute atomic E-state index is 0.0290. The number of carbonyl (C=O) groups is 26. The van der Waals surface area contributed by atoms with Crippen LogP contribution in [0.15, 0.2) is 85.1 Å². The number of aromatic amines is 1. The molecule has 1 aromatic heterocycles. The average molecular weight is 2120 g/mol. The van der Waals surface area contributed by atoms with Crippen molar-refractivity contribution in [1.29, 1.82) is 0 Å². The van der Waals surface area contributed by atoms with Gasteiger partial charge in [-0.1, -0.05) is 80.9 Å². The fourth-order valence-corrected chi connectivity index (χ4v) is 13.3. The van der Waals surface area contributed by atoms with Gasteiger partial charge in [0.05, 0.1) is 104 Å². The van der Waals surface area contributed by atoms with Crippen molar-refractivity contribution in [1.82, 2.24) is 122 Å². The van der Waals surface area contributed by atoms with E-state index in [9.17, 15) is 160 Å². The zero-order valence-electron chi connectivity index (χ0n) is 81.9. The van der Waals surface area contributed by atoms with Gasteiger partial charge in [-0.3, -0.25) is 125 Å². The number of carbonyl (C=O) groups excluding carboxylic acids is 25. The van der Waals surface area contributed by atoms with Crippen LogP contribution in [0.5, 0.6) is 5.75 Å². The van der Waals surface area contributed by atoms with Gasteiger partial charge in [0, 0.05) is 36.4 Å². The smallest absolute Gasteiger partial charge is 0.325 e. The number of hydrogen-bond donors (Lipinski definition) is 35. The molecule has 150 heavy (non-hydrogen) atoms. The van der Waals surface area contributed by atoms with Crippen molar-refractivity contribution in [2.45, 2.75) is 189 Å². The topological polar surface area (TPSA) is 990 Å². The molecule has 61 nitrogen and oxygen atoms in total. The molecule has 0 aliphatic rings. The van der Waals surface area contributed by atoms with E-state index in [2.05, 4.69) is 84.7 Å². The number of carboxylic acid groups (broad SMARTS) is 1. The summed E-state index contributed by atoms with van der Waals surface area (Å²) in [7, 11) is 0. The molecule has 3 aromatic carbocycles. The highest BCUT2D eigenvalue weighted by Crippen LogP contribution is 2.20. The van der Waals surface area contributed by atoms with Gasteiger partial charge in [0.25, 0.3) is 0 Å². The number of benzene rings is 3. The monoisotopic (exact) mass is 2120 g/mol. The summed E-state index contributed by atoms with van der Waals surface area (Å²) in [5.74, 6) is -31.7. The zero-order chi connectivity index (χ0) is 112. The van der Waals surface area contributed by atoms with E-state index in [1.54, 1.807) is 74.6 Å². The van der Waals surface area contributed by atoms with Gasteiger partial charge in [0.2, 0.25) is 148 Å². The van der Waals surface area contributed by atoms with Crippen LogP contribution in [0.1, 0.15) is 83.9 Å². The van der Waals surface area contributed by atoms with Crippen LogP contribution in [0, 0.1) is 5.92 Å². The first-order valence-corrected chi connectivity index (χ1v) is 46.1. The van der Waals surface area contributed by atoms with Crippen LogP contribution >= 0.6 is 0 Å². The van der Waals surface area contributed by atoms with E-state index >= 15 is 0 Å². The molecule has 25 amide bonds. The van der Waals surface area contributed by atoms with Crippen LogP contribution < -0.4 is 140 Å². The van der Waals surface area contributed by atoms with E-state index in [0.717, 1.165) is 26.0 Å². The Morgan fingerprint density at radius 1 is 0.293 bits per heavy atom. The Kier molecular flexibility index (Phi) is 52.9. The summed E-state index contributed by atoms with van der Waals surface area (Å²) >= 11 is 0. The number of nitrogens with two attached hydrogens (primary N) is 4. The van der Waals surface area contributed by atoms with Gasteiger partial charge < -0.3 is 186 Å². The van der Waals surface area contributed by atoms with Crippen LogP contribution in [0.3, 0.4) is 0 Å². The Labute approximate surface area is 853 Å². The number of phenols is 1. The maximum Gasteiger partial charge on any atom is 0.325 e. The Bertz CT molecular complexity index is 5480. The molecular weight excluding hydrogens is 1990 g/mol. The molecule has 39 N–H and O–H groups in total. The maximum absolute atomic E-state index is 14.1. The second-order valence-electron chi connectivity index (χ2n) is 33.8. The highest BCUT2D eigenvalue weighted by atomic mass is 16.4. The summed E-state index contributed by atoms with van der Waals surface area (Å²) in [5, 5.41) is 128. The summed E-state index contributed by atoms with van der Waals surface area (Å²) < 4.78 is 0. The third kappa shape index (κ3) is 43.7. The van der Waals surface area contributed by atoms with Crippen LogP contribution in [-0.2, 0) is 144 Å². The SMILES string of the molecule is CC[C@H](C)[C@H](NC(=O)[C@H](C)NC(=O)[C@H](C)NC(=O)CNC(=O)[C@H](CO)NC(=O)[C@H](CC(N)=O)NC(=O)[C@H](CO)NC(=O)CNC(=O)[C@H](CO)NC(=O)[C@H](Cc1ccc(O)cc1)NC(=O)[C@H](CO)NC(=O)[C@H](CC(N)=O)NC(=O)[C@H](CC(N)=O)NC(=O)CNC(=O)[C@H](CO)NC(=O)CNC(=O)[C@H](Cc1ccccc1)NC(=O)[C@H](C)N)C(=O)NCC(=O)N[C@@H](Cc1c[nH]c2ccccc12)C(=O)NCC(=O)N[C@@H](CO)C(=O)N[C@@H](C)C(=O)O. The van der Waals surface area contributed by atoms with Gasteiger partial charge in [-0.25, -0.2) is 0 Å². The third-order valence-electron chi connectivity index (χ3n) is 21.8. The third-order valence-corrected chi connectivity index (χ3v) is 21.8. The lowest BCUT2D eigenvalue weighted by Gasteiger charge is -2.26. The summed E-state index contributed by atoms with van der Waals surface area (Å²) in [5.41, 5.74) is 23.6. The first-order valence-electron chi connectivity index (χ1n) is 46.1. The molecular formula is C89H127N27O34. The number of carboxylic acids is 1. The molecule has 0 aliphatic heterocycles. The van der Waals surface area contributed by atoms with Crippen LogP contribution in [0.2, 0.25) is 0 Å². The van der Waals surface area contributed by atoms with E-state index in [1.807, 2.05) is 37.2 Å². The standard InChI is InChI=1S/C89H127N27O34/c1-7-40(2)72(88(148)100-33-68(129)104-53(23-47-27-94-50-16-12-11-15-49(47)50)77(137)96-31-70(131)107-60(37-120)85(145)103-44(6)89(149)150)116-75(135)43(5)102-74(134)42(4)101-66(127)28-97-79(139)59(36-119)114-83(143)56(26-65(93)126)112-86(146)61(38-121)108-71(132)32-99-80(140)58(35-118)113-81(141)52(22-46-17-19-48(123)20-18-46)110-87(147)62(39-122)115-84(144)55(25-64(92)125)111-82(142)54(24-63(91)124)105-67(128)29-98-78(138)57(34-117)106-69(130)30-95-76(136)51(109-73(133)41(3)90)21-45-13-9-8-10-14-45/h8-20,27,40-44,51-62,72,94,117-123H,7,21-26,28-39,90H2,1-6H3,(H2,91,124)(H2,92,125)(H2,93,126)(H,95,136)(H,96,137)(H,97,139)(H,98,138)(H,99,140)(H,100,148)(H,101,127)(H,102,134)(H,103,145)(H,104,129)(H,105,128)(H,106,130)(H,107,131)(H,108,132)(H,109,133)(H,110,147)(H,111,142)(H,112,146)(H,113,141)(H,114,143)(H,115,144)(H,116,135)(H,149,150)/t40-,41-,42-,43-,44-,51-,52-,53-,54-,55-,56-,57-,58-,59-,60-,61-,62-,72-/m0/s1. The number of primary amides is 3. The number of nitrogens with one attached hydrogen (secondary N) is 23. The van der Waals surface area contributed by atoms with E-state index in [-0.39, 0.29) is 30.6 Å². The summed E-state index contributed by atoms with van der Waals surface area (Å²) in [4.78, 5) is 345. The number of fused-ring (bicyclic) bond motifs is 1. The highest BCUT2D eigenvalue weighted by molar-refractivity contribution is 6.04. The molecule has 0 fully saturated rings. The van der Waals surface area contributed by atoms with Crippen LogP contribution in [-0.4, -0.2) is 381 Å². The fraction of sp³-hybridized carbons (Fsp3) is 0.483. The van der Waals surface area contributed by atoms with Gasteiger partial charge in [-0.2, -0.15) is 0 Å². The predicted molar refractivity (Wildman–Crippen MR) is 515 cm³/mol. The minimum Gasteiger partial charge on any atom is -0.508 e. The number of phenolic OH excluding ortho intramolecular Hbond substituents is 1.